The molecule has 0 saturated carbocycles. The summed E-state index contributed by atoms with van der Waals surface area (Å²) in [6.07, 6.45) is 5.93. The number of rotatable bonds is 8. The zero-order valence-corrected chi connectivity index (χ0v) is 15.0. The summed E-state index contributed by atoms with van der Waals surface area (Å²) in [6.45, 7) is 5.85. The molecule has 0 radical (unpaired) electrons. The summed E-state index contributed by atoms with van der Waals surface area (Å²) in [5.41, 5.74) is 1.23. The third-order valence-electron chi connectivity index (χ3n) is 4.41. The van der Waals surface area contributed by atoms with Gasteiger partial charge in [-0.25, -0.2) is 4.98 Å². The van der Waals surface area contributed by atoms with E-state index in [0.717, 1.165) is 45.1 Å². The Bertz CT molecular complexity index is 617. The van der Waals surface area contributed by atoms with E-state index in [1.165, 1.54) is 5.56 Å². The van der Waals surface area contributed by atoms with Crippen LogP contribution in [0.3, 0.4) is 0 Å². The molecule has 1 saturated heterocycles. The van der Waals surface area contributed by atoms with Crippen molar-refractivity contribution >= 4 is 5.82 Å². The Kier molecular flexibility index (Phi) is 6.38. The second-order valence-corrected chi connectivity index (χ2v) is 6.40. The molecule has 1 aliphatic heterocycles. The smallest absolute Gasteiger partial charge is 0.128 e. The number of pyridine rings is 1. The van der Waals surface area contributed by atoms with Gasteiger partial charge in [0.2, 0.25) is 0 Å². The molecule has 1 unspecified atom stereocenters. The van der Waals surface area contributed by atoms with Crippen molar-refractivity contribution < 1.29 is 9.47 Å². The number of hydrogen-bond acceptors (Lipinski definition) is 6. The van der Waals surface area contributed by atoms with Gasteiger partial charge in [0, 0.05) is 58.9 Å². The molecule has 136 valence electrons. The highest BCUT2D eigenvalue weighted by atomic mass is 16.5. The van der Waals surface area contributed by atoms with Crippen LogP contribution < -0.4 is 4.90 Å². The lowest BCUT2D eigenvalue weighted by atomic mass is 10.2. The van der Waals surface area contributed by atoms with E-state index in [4.69, 9.17) is 9.47 Å². The van der Waals surface area contributed by atoms with Crippen molar-refractivity contribution in [2.45, 2.75) is 19.2 Å². The molecule has 25 heavy (non-hydrogen) atoms. The molecule has 1 fully saturated rings. The SMILES string of the molecule is COCCN(C)c1ccc(CN2CCOC(Cn3cccn3)C2)cn1. The number of anilines is 1. The first-order chi connectivity index (χ1) is 12.2. The highest BCUT2D eigenvalue weighted by Gasteiger charge is 2.21. The quantitative estimate of drug-likeness (QED) is 0.718. The fourth-order valence-electron chi connectivity index (χ4n) is 2.99. The van der Waals surface area contributed by atoms with Gasteiger partial charge in [-0.15, -0.1) is 0 Å². The van der Waals surface area contributed by atoms with Gasteiger partial charge in [-0.1, -0.05) is 6.07 Å². The molecule has 0 aliphatic carbocycles. The molecule has 3 heterocycles. The van der Waals surface area contributed by atoms with Crippen LogP contribution in [0.2, 0.25) is 0 Å². The number of aromatic nitrogens is 3. The molecule has 1 aliphatic rings. The van der Waals surface area contributed by atoms with Crippen molar-refractivity contribution in [2.24, 2.45) is 0 Å². The molecular formula is C18H27N5O2. The Hall–Kier alpha value is -1.96. The fraction of sp³-hybridized carbons (Fsp3) is 0.556. The predicted molar refractivity (Wildman–Crippen MR) is 96.6 cm³/mol. The van der Waals surface area contributed by atoms with Gasteiger partial charge in [0.1, 0.15) is 5.82 Å². The molecule has 0 bridgehead atoms. The molecule has 0 aromatic carbocycles. The molecule has 3 rings (SSSR count). The zero-order chi connectivity index (χ0) is 17.5. The highest BCUT2D eigenvalue weighted by Crippen LogP contribution is 2.14. The Labute approximate surface area is 149 Å². The predicted octanol–water partition coefficient (Wildman–Crippen LogP) is 1.26. The van der Waals surface area contributed by atoms with Crippen LogP contribution in [-0.4, -0.2) is 72.8 Å². The van der Waals surface area contributed by atoms with Crippen molar-refractivity contribution in [3.63, 3.8) is 0 Å². The summed E-state index contributed by atoms with van der Waals surface area (Å²) in [5, 5.41) is 4.26. The van der Waals surface area contributed by atoms with Gasteiger partial charge in [-0.3, -0.25) is 9.58 Å². The number of likely N-dealkylation sites (N-methyl/N-ethyl adjacent to an activating group) is 1. The van der Waals surface area contributed by atoms with Gasteiger partial charge in [0.05, 0.1) is 25.9 Å². The first-order valence-corrected chi connectivity index (χ1v) is 8.71. The van der Waals surface area contributed by atoms with Gasteiger partial charge in [-0.05, 0) is 17.7 Å². The highest BCUT2D eigenvalue weighted by molar-refractivity contribution is 5.38. The van der Waals surface area contributed by atoms with E-state index in [2.05, 4.69) is 32.0 Å². The summed E-state index contributed by atoms with van der Waals surface area (Å²) in [6, 6.07) is 6.17. The fourth-order valence-corrected chi connectivity index (χ4v) is 2.99. The van der Waals surface area contributed by atoms with Gasteiger partial charge >= 0.3 is 0 Å². The monoisotopic (exact) mass is 345 g/mol. The molecule has 1 atom stereocenters. The van der Waals surface area contributed by atoms with E-state index in [1.807, 2.05) is 30.2 Å². The molecule has 7 heteroatoms. The van der Waals surface area contributed by atoms with Crippen molar-refractivity contribution in [3.05, 3.63) is 42.4 Å². The summed E-state index contributed by atoms with van der Waals surface area (Å²) >= 11 is 0. The van der Waals surface area contributed by atoms with Gasteiger partial charge in [0.25, 0.3) is 0 Å². The summed E-state index contributed by atoms with van der Waals surface area (Å²) in [7, 11) is 3.75. The molecule has 0 amide bonds. The maximum absolute atomic E-state index is 5.87. The molecular weight excluding hydrogens is 318 g/mol. The lowest BCUT2D eigenvalue weighted by Crippen LogP contribution is -2.43. The van der Waals surface area contributed by atoms with E-state index >= 15 is 0 Å². The minimum absolute atomic E-state index is 0.182. The number of morpholine rings is 1. The summed E-state index contributed by atoms with van der Waals surface area (Å²) in [4.78, 5) is 9.09. The Morgan fingerprint density at radius 1 is 1.40 bits per heavy atom. The molecule has 2 aromatic rings. The number of ether oxygens (including phenoxy) is 2. The zero-order valence-electron chi connectivity index (χ0n) is 15.0. The third kappa shape index (κ3) is 5.26. The van der Waals surface area contributed by atoms with Crippen LogP contribution >= 0.6 is 0 Å². The van der Waals surface area contributed by atoms with Crippen molar-refractivity contribution in [2.75, 3.05) is 51.9 Å². The average molecular weight is 345 g/mol. The standard InChI is InChI=1S/C18H27N5O2/c1-21(8-10-24-2)18-5-4-16(12-19-18)13-22-9-11-25-17(14-22)15-23-7-3-6-20-23/h3-7,12,17H,8-11,13-15H2,1-2H3. The third-order valence-corrected chi connectivity index (χ3v) is 4.41. The van der Waals surface area contributed by atoms with Gasteiger partial charge < -0.3 is 14.4 Å². The number of hydrogen-bond donors (Lipinski definition) is 0. The second-order valence-electron chi connectivity index (χ2n) is 6.40. The Morgan fingerprint density at radius 2 is 2.32 bits per heavy atom. The van der Waals surface area contributed by atoms with Gasteiger partial charge in [0.15, 0.2) is 0 Å². The molecule has 7 nitrogen and oxygen atoms in total. The topological polar surface area (TPSA) is 55.7 Å². The van der Waals surface area contributed by atoms with Crippen LogP contribution in [0.15, 0.2) is 36.8 Å². The molecule has 2 aromatic heterocycles. The van der Waals surface area contributed by atoms with Crippen LogP contribution in [0.5, 0.6) is 0 Å². The summed E-state index contributed by atoms with van der Waals surface area (Å²) < 4.78 is 12.9. The normalized spacial score (nSPS) is 18.4. The Morgan fingerprint density at radius 3 is 3.04 bits per heavy atom. The van der Waals surface area contributed by atoms with E-state index in [1.54, 1.807) is 13.3 Å². The number of methoxy groups -OCH3 is 1. The second kappa shape index (κ2) is 8.94. The first kappa shape index (κ1) is 17.8. The first-order valence-electron chi connectivity index (χ1n) is 8.71. The van der Waals surface area contributed by atoms with E-state index < -0.39 is 0 Å². The van der Waals surface area contributed by atoms with Crippen molar-refractivity contribution in [1.29, 1.82) is 0 Å². The maximum atomic E-state index is 5.87. The van der Waals surface area contributed by atoms with Crippen LogP contribution in [0.25, 0.3) is 0 Å². The van der Waals surface area contributed by atoms with E-state index in [9.17, 15) is 0 Å². The van der Waals surface area contributed by atoms with Crippen molar-refractivity contribution in [3.8, 4) is 0 Å². The molecule has 0 N–H and O–H groups in total. The number of nitrogens with zero attached hydrogens (tertiary/aromatic N) is 5. The Balaban J connectivity index is 1.51. The lowest BCUT2D eigenvalue weighted by molar-refractivity contribution is -0.0402. The van der Waals surface area contributed by atoms with Crippen LogP contribution in [-0.2, 0) is 22.6 Å². The van der Waals surface area contributed by atoms with Crippen LogP contribution in [0.1, 0.15) is 5.56 Å². The van der Waals surface area contributed by atoms with Crippen LogP contribution in [0, 0.1) is 0 Å². The molecule has 0 spiro atoms. The lowest BCUT2D eigenvalue weighted by Gasteiger charge is -2.32. The minimum atomic E-state index is 0.182. The van der Waals surface area contributed by atoms with E-state index in [0.29, 0.717) is 6.61 Å². The summed E-state index contributed by atoms with van der Waals surface area (Å²) in [5.74, 6) is 0.972. The van der Waals surface area contributed by atoms with Gasteiger partial charge in [-0.2, -0.15) is 5.10 Å². The van der Waals surface area contributed by atoms with E-state index in [-0.39, 0.29) is 6.10 Å². The maximum Gasteiger partial charge on any atom is 0.128 e. The van der Waals surface area contributed by atoms with Crippen molar-refractivity contribution in [1.82, 2.24) is 19.7 Å². The average Bonchev–Trinajstić information content (AvgIpc) is 3.13. The van der Waals surface area contributed by atoms with Crippen LogP contribution in [0.4, 0.5) is 5.82 Å². The minimum Gasteiger partial charge on any atom is -0.383 e. The largest absolute Gasteiger partial charge is 0.383 e.